The van der Waals surface area contributed by atoms with Crippen LogP contribution >= 0.6 is 0 Å². The Labute approximate surface area is 63.1 Å². The number of nitrogens with zero attached hydrogens (tertiary/aromatic N) is 2. The molecule has 1 saturated heterocycles. The SMILES string of the molecule is C=CC1CN(C)C(C)N1C. The molecule has 58 valence electrons. The van der Waals surface area contributed by atoms with E-state index in [-0.39, 0.29) is 0 Å². The minimum absolute atomic E-state index is 0.542. The topological polar surface area (TPSA) is 6.48 Å². The Hall–Kier alpha value is -0.340. The van der Waals surface area contributed by atoms with E-state index in [1.54, 1.807) is 0 Å². The third-order valence-electron chi connectivity index (χ3n) is 2.50. The molecule has 1 aliphatic rings. The van der Waals surface area contributed by atoms with Gasteiger partial charge in [-0.1, -0.05) is 6.08 Å². The van der Waals surface area contributed by atoms with Crippen molar-refractivity contribution in [1.29, 1.82) is 0 Å². The number of rotatable bonds is 1. The van der Waals surface area contributed by atoms with Crippen LogP contribution in [0.15, 0.2) is 12.7 Å². The van der Waals surface area contributed by atoms with E-state index < -0.39 is 0 Å². The Morgan fingerprint density at radius 2 is 2.10 bits per heavy atom. The van der Waals surface area contributed by atoms with E-state index in [1.165, 1.54) is 0 Å². The summed E-state index contributed by atoms with van der Waals surface area (Å²) in [4.78, 5) is 4.65. The summed E-state index contributed by atoms with van der Waals surface area (Å²) in [6.07, 6.45) is 2.57. The van der Waals surface area contributed by atoms with E-state index in [4.69, 9.17) is 0 Å². The van der Waals surface area contributed by atoms with E-state index in [9.17, 15) is 0 Å². The van der Waals surface area contributed by atoms with Gasteiger partial charge in [0.15, 0.2) is 0 Å². The molecule has 2 heteroatoms. The predicted molar refractivity (Wildman–Crippen MR) is 43.8 cm³/mol. The van der Waals surface area contributed by atoms with Crippen LogP contribution in [0.4, 0.5) is 0 Å². The van der Waals surface area contributed by atoms with Crippen molar-refractivity contribution < 1.29 is 0 Å². The number of hydrogen-bond donors (Lipinski definition) is 0. The molecule has 2 atom stereocenters. The first-order chi connectivity index (χ1) is 4.66. The lowest BCUT2D eigenvalue weighted by molar-refractivity contribution is 0.197. The molecule has 0 bridgehead atoms. The van der Waals surface area contributed by atoms with Gasteiger partial charge in [-0.05, 0) is 21.0 Å². The first-order valence-corrected chi connectivity index (χ1v) is 3.71. The highest BCUT2D eigenvalue weighted by Gasteiger charge is 2.28. The summed E-state index contributed by atoms with van der Waals surface area (Å²) in [5, 5.41) is 0. The van der Waals surface area contributed by atoms with Gasteiger partial charge in [-0.25, -0.2) is 0 Å². The fourth-order valence-corrected chi connectivity index (χ4v) is 1.41. The van der Waals surface area contributed by atoms with Crippen LogP contribution < -0.4 is 0 Å². The maximum atomic E-state index is 3.79. The smallest absolute Gasteiger partial charge is 0.0594 e. The lowest BCUT2D eigenvalue weighted by Crippen LogP contribution is -2.32. The molecule has 1 rings (SSSR count). The molecule has 1 fully saturated rings. The zero-order chi connectivity index (χ0) is 7.72. The van der Waals surface area contributed by atoms with E-state index in [2.05, 4.69) is 37.4 Å². The second-order valence-corrected chi connectivity index (χ2v) is 3.04. The number of likely N-dealkylation sites (N-methyl/N-ethyl adjacent to an activating group) is 2. The van der Waals surface area contributed by atoms with Crippen LogP contribution in [0.25, 0.3) is 0 Å². The molecule has 0 N–H and O–H groups in total. The highest BCUT2D eigenvalue weighted by molar-refractivity contribution is 4.95. The second-order valence-electron chi connectivity index (χ2n) is 3.04. The maximum absolute atomic E-state index is 3.79. The molecule has 0 aromatic heterocycles. The van der Waals surface area contributed by atoms with E-state index in [0.29, 0.717) is 12.2 Å². The monoisotopic (exact) mass is 140 g/mol. The van der Waals surface area contributed by atoms with Crippen molar-refractivity contribution in [3.05, 3.63) is 12.7 Å². The minimum Gasteiger partial charge on any atom is -0.289 e. The normalized spacial score (nSPS) is 36.7. The Morgan fingerprint density at radius 3 is 2.30 bits per heavy atom. The van der Waals surface area contributed by atoms with Gasteiger partial charge in [-0.3, -0.25) is 9.80 Å². The summed E-state index contributed by atoms with van der Waals surface area (Å²) in [5.74, 6) is 0. The molecule has 0 amide bonds. The average Bonchev–Trinajstić information content (AvgIpc) is 2.17. The molecule has 0 spiro atoms. The molecule has 0 aromatic carbocycles. The zero-order valence-electron chi connectivity index (χ0n) is 7.04. The van der Waals surface area contributed by atoms with Crippen LogP contribution in [0.2, 0.25) is 0 Å². The third-order valence-corrected chi connectivity index (χ3v) is 2.50. The van der Waals surface area contributed by atoms with Crippen LogP contribution in [0.5, 0.6) is 0 Å². The summed E-state index contributed by atoms with van der Waals surface area (Å²) in [6, 6.07) is 0.542. The van der Waals surface area contributed by atoms with E-state index in [0.717, 1.165) is 6.54 Å². The van der Waals surface area contributed by atoms with Gasteiger partial charge in [0.1, 0.15) is 0 Å². The van der Waals surface area contributed by atoms with Gasteiger partial charge in [0.2, 0.25) is 0 Å². The van der Waals surface area contributed by atoms with Crippen molar-refractivity contribution >= 4 is 0 Å². The van der Waals surface area contributed by atoms with Crippen molar-refractivity contribution in [1.82, 2.24) is 9.80 Å². The van der Waals surface area contributed by atoms with Crippen LogP contribution in [0.1, 0.15) is 6.92 Å². The van der Waals surface area contributed by atoms with Crippen LogP contribution in [0.3, 0.4) is 0 Å². The van der Waals surface area contributed by atoms with E-state index >= 15 is 0 Å². The zero-order valence-corrected chi connectivity index (χ0v) is 7.04. The summed E-state index contributed by atoms with van der Waals surface area (Å²) in [6.45, 7) is 7.12. The quantitative estimate of drug-likeness (QED) is 0.496. The first-order valence-electron chi connectivity index (χ1n) is 3.71. The highest BCUT2D eigenvalue weighted by atomic mass is 15.4. The molecule has 10 heavy (non-hydrogen) atoms. The predicted octanol–water partition coefficient (Wildman–Crippen LogP) is 0.764. The van der Waals surface area contributed by atoms with Gasteiger partial charge in [0.25, 0.3) is 0 Å². The van der Waals surface area contributed by atoms with Gasteiger partial charge >= 0.3 is 0 Å². The van der Waals surface area contributed by atoms with Crippen LogP contribution in [-0.4, -0.2) is 42.6 Å². The Kier molecular flexibility index (Phi) is 2.11. The molecule has 0 saturated carbocycles. The maximum Gasteiger partial charge on any atom is 0.0594 e. The summed E-state index contributed by atoms with van der Waals surface area (Å²) >= 11 is 0. The van der Waals surface area contributed by atoms with Crippen LogP contribution in [0, 0.1) is 0 Å². The Balaban J connectivity index is 2.61. The Morgan fingerprint density at radius 1 is 1.50 bits per heavy atom. The van der Waals surface area contributed by atoms with Crippen LogP contribution in [-0.2, 0) is 0 Å². The van der Waals surface area contributed by atoms with Crippen molar-refractivity contribution in [3.8, 4) is 0 Å². The molecule has 0 aliphatic carbocycles. The standard InChI is InChI=1S/C8H16N2/c1-5-8-6-9(3)7(2)10(8)4/h5,7-8H,1,6H2,2-4H3. The largest absolute Gasteiger partial charge is 0.289 e. The molecule has 1 heterocycles. The van der Waals surface area contributed by atoms with Gasteiger partial charge in [-0.15, -0.1) is 6.58 Å². The van der Waals surface area contributed by atoms with Gasteiger partial charge in [-0.2, -0.15) is 0 Å². The van der Waals surface area contributed by atoms with Crippen molar-refractivity contribution in [3.63, 3.8) is 0 Å². The van der Waals surface area contributed by atoms with Gasteiger partial charge < -0.3 is 0 Å². The van der Waals surface area contributed by atoms with Crippen molar-refractivity contribution in [2.24, 2.45) is 0 Å². The number of hydrogen-bond acceptors (Lipinski definition) is 2. The van der Waals surface area contributed by atoms with E-state index in [1.807, 2.05) is 6.08 Å². The summed E-state index contributed by atoms with van der Waals surface area (Å²) < 4.78 is 0. The fourth-order valence-electron chi connectivity index (χ4n) is 1.41. The van der Waals surface area contributed by atoms with Crippen molar-refractivity contribution in [2.75, 3.05) is 20.6 Å². The van der Waals surface area contributed by atoms with Gasteiger partial charge in [0, 0.05) is 12.6 Å². The first kappa shape index (κ1) is 7.76. The minimum atomic E-state index is 0.542. The highest BCUT2D eigenvalue weighted by Crippen LogP contribution is 2.15. The summed E-state index contributed by atoms with van der Waals surface area (Å²) in [7, 11) is 4.28. The molecular weight excluding hydrogens is 124 g/mol. The lowest BCUT2D eigenvalue weighted by Gasteiger charge is -2.21. The molecule has 0 radical (unpaired) electrons. The second kappa shape index (κ2) is 2.72. The summed E-state index contributed by atoms with van der Waals surface area (Å²) in [5.41, 5.74) is 0. The van der Waals surface area contributed by atoms with Gasteiger partial charge in [0.05, 0.1) is 6.17 Å². The molecule has 2 nitrogen and oxygen atoms in total. The average molecular weight is 140 g/mol. The van der Waals surface area contributed by atoms with Crippen molar-refractivity contribution in [2.45, 2.75) is 19.1 Å². The molecule has 2 unspecified atom stereocenters. The fraction of sp³-hybridized carbons (Fsp3) is 0.750. The lowest BCUT2D eigenvalue weighted by atomic mass is 10.3. The molecule has 1 aliphatic heterocycles. The third kappa shape index (κ3) is 1.09. The molecular formula is C8H16N2. The Bertz CT molecular complexity index is 133. The molecule has 0 aromatic rings.